The van der Waals surface area contributed by atoms with Crippen molar-refractivity contribution < 1.29 is 0 Å². The molecule has 1 N–H and O–H groups in total. The summed E-state index contributed by atoms with van der Waals surface area (Å²) in [5, 5.41) is 5.43. The molecule has 0 radical (unpaired) electrons. The van der Waals surface area contributed by atoms with Crippen molar-refractivity contribution in [3.05, 3.63) is 22.4 Å². The van der Waals surface area contributed by atoms with E-state index in [1.807, 2.05) is 11.3 Å². The van der Waals surface area contributed by atoms with Gasteiger partial charge in [-0.05, 0) is 11.4 Å². The maximum Gasteiger partial charge on any atom is 0.0517 e. The summed E-state index contributed by atoms with van der Waals surface area (Å²) >= 11 is 5.18. The maximum atomic E-state index is 3.36. The number of nitrogens with one attached hydrogen (secondary N) is 1. The Hall–Kier alpha value is 0.140. The first-order chi connectivity index (χ1) is 5.67. The molecule has 0 saturated heterocycles. The van der Waals surface area contributed by atoms with Gasteiger partial charge in [0.25, 0.3) is 0 Å². The lowest BCUT2D eigenvalue weighted by atomic mass is 9.92. The van der Waals surface area contributed by atoms with Gasteiger partial charge in [-0.2, -0.15) is 0 Å². The molecule has 0 fully saturated rings. The molecule has 0 spiro atoms. The predicted molar refractivity (Wildman–Crippen MR) is 59.1 cm³/mol. The first-order valence-corrected chi connectivity index (χ1v) is 5.97. The van der Waals surface area contributed by atoms with E-state index in [2.05, 4.69) is 52.6 Å². The van der Waals surface area contributed by atoms with Crippen LogP contribution in [0, 0.1) is 0 Å². The van der Waals surface area contributed by atoms with E-state index in [0.29, 0.717) is 0 Å². The zero-order chi connectivity index (χ0) is 9.03. The van der Waals surface area contributed by atoms with Crippen LogP contribution in [0.1, 0.15) is 18.7 Å². The Morgan fingerprint density at radius 1 is 1.58 bits per heavy atom. The molecule has 1 aromatic rings. The highest BCUT2D eigenvalue weighted by molar-refractivity contribution is 9.09. The highest BCUT2D eigenvalue weighted by atomic mass is 79.9. The Morgan fingerprint density at radius 2 is 2.33 bits per heavy atom. The summed E-state index contributed by atoms with van der Waals surface area (Å²) < 4.78 is 0. The number of thiophene rings is 1. The first-order valence-electron chi connectivity index (χ1n) is 3.97. The second kappa shape index (κ2) is 4.40. The molecule has 3 heteroatoms. The SMILES string of the molecule is CC(C)(CNCBr)c1cccs1. The van der Waals surface area contributed by atoms with E-state index >= 15 is 0 Å². The van der Waals surface area contributed by atoms with Crippen molar-refractivity contribution in [2.45, 2.75) is 19.3 Å². The number of halogens is 1. The molecule has 1 rings (SSSR count). The zero-order valence-corrected chi connectivity index (χ0v) is 9.83. The molecule has 68 valence electrons. The Balaban J connectivity index is 2.59. The van der Waals surface area contributed by atoms with Gasteiger partial charge in [0, 0.05) is 16.8 Å². The fourth-order valence-electron chi connectivity index (χ4n) is 1.11. The summed E-state index contributed by atoms with van der Waals surface area (Å²) in [4.78, 5) is 1.44. The van der Waals surface area contributed by atoms with Crippen LogP contribution in [-0.4, -0.2) is 12.0 Å². The van der Waals surface area contributed by atoms with Gasteiger partial charge in [-0.25, -0.2) is 0 Å². The van der Waals surface area contributed by atoms with Gasteiger partial charge in [-0.3, -0.25) is 0 Å². The maximum absolute atomic E-state index is 3.36. The standard InChI is InChI=1S/C9H14BrNS/c1-9(2,6-11-7-10)8-4-3-5-12-8/h3-5,11H,6-7H2,1-2H3. The Labute approximate surface area is 86.3 Å². The molecule has 1 heterocycles. The summed E-state index contributed by atoms with van der Waals surface area (Å²) in [6.07, 6.45) is 0. The smallest absolute Gasteiger partial charge is 0.0517 e. The third-order valence-corrected chi connectivity index (χ3v) is 3.48. The van der Waals surface area contributed by atoms with Crippen LogP contribution in [0.3, 0.4) is 0 Å². The highest BCUT2D eigenvalue weighted by Gasteiger charge is 2.20. The van der Waals surface area contributed by atoms with E-state index in [4.69, 9.17) is 0 Å². The molecule has 0 aliphatic rings. The topological polar surface area (TPSA) is 12.0 Å². The number of alkyl halides is 1. The predicted octanol–water partition coefficient (Wildman–Crippen LogP) is 2.97. The lowest BCUT2D eigenvalue weighted by Gasteiger charge is -2.22. The minimum atomic E-state index is 0.252. The summed E-state index contributed by atoms with van der Waals surface area (Å²) in [7, 11) is 0. The average molecular weight is 248 g/mol. The third-order valence-electron chi connectivity index (χ3n) is 1.85. The van der Waals surface area contributed by atoms with Gasteiger partial charge in [-0.1, -0.05) is 35.8 Å². The first kappa shape index (κ1) is 10.2. The van der Waals surface area contributed by atoms with E-state index in [-0.39, 0.29) is 5.41 Å². The quantitative estimate of drug-likeness (QED) is 0.638. The molecular weight excluding hydrogens is 234 g/mol. The van der Waals surface area contributed by atoms with Crippen LogP contribution in [0.5, 0.6) is 0 Å². The molecule has 0 unspecified atom stereocenters. The van der Waals surface area contributed by atoms with Gasteiger partial charge in [0.05, 0.1) is 5.45 Å². The van der Waals surface area contributed by atoms with Crippen molar-refractivity contribution in [1.82, 2.24) is 5.32 Å². The second-order valence-electron chi connectivity index (χ2n) is 3.42. The molecule has 12 heavy (non-hydrogen) atoms. The molecule has 0 aliphatic heterocycles. The molecule has 0 aliphatic carbocycles. The average Bonchev–Trinajstić information content (AvgIpc) is 2.53. The largest absolute Gasteiger partial charge is 0.306 e. The van der Waals surface area contributed by atoms with Crippen LogP contribution in [0.15, 0.2) is 17.5 Å². The van der Waals surface area contributed by atoms with E-state index in [0.717, 1.165) is 12.0 Å². The van der Waals surface area contributed by atoms with Crippen molar-refractivity contribution in [2.24, 2.45) is 0 Å². The van der Waals surface area contributed by atoms with E-state index < -0.39 is 0 Å². The van der Waals surface area contributed by atoms with Gasteiger partial charge >= 0.3 is 0 Å². The van der Waals surface area contributed by atoms with Crippen LogP contribution in [-0.2, 0) is 5.41 Å². The monoisotopic (exact) mass is 247 g/mol. The molecule has 0 saturated carbocycles. The molecule has 0 bridgehead atoms. The number of hydrogen-bond acceptors (Lipinski definition) is 2. The summed E-state index contributed by atoms with van der Waals surface area (Å²) in [5.74, 6) is 0. The highest BCUT2D eigenvalue weighted by Crippen LogP contribution is 2.26. The van der Waals surface area contributed by atoms with Gasteiger partial charge in [0.1, 0.15) is 0 Å². The minimum Gasteiger partial charge on any atom is -0.306 e. The number of hydrogen-bond donors (Lipinski definition) is 1. The van der Waals surface area contributed by atoms with Crippen molar-refractivity contribution in [1.29, 1.82) is 0 Å². The van der Waals surface area contributed by atoms with E-state index in [9.17, 15) is 0 Å². The van der Waals surface area contributed by atoms with Crippen molar-refractivity contribution in [2.75, 3.05) is 12.0 Å². The molecule has 0 aromatic carbocycles. The van der Waals surface area contributed by atoms with Gasteiger partial charge in [0.15, 0.2) is 0 Å². The summed E-state index contributed by atoms with van der Waals surface area (Å²) in [6.45, 7) is 5.53. The lowest BCUT2D eigenvalue weighted by Crippen LogP contribution is -2.31. The Kier molecular flexibility index (Phi) is 3.75. The molecule has 0 atom stereocenters. The number of rotatable bonds is 4. The van der Waals surface area contributed by atoms with Gasteiger partial charge in [0.2, 0.25) is 0 Å². The fourth-order valence-corrected chi connectivity index (χ4v) is 2.16. The van der Waals surface area contributed by atoms with Crippen molar-refractivity contribution >= 4 is 27.3 Å². The molecule has 0 amide bonds. The Morgan fingerprint density at radius 3 is 2.83 bits per heavy atom. The van der Waals surface area contributed by atoms with Crippen LogP contribution in [0.4, 0.5) is 0 Å². The van der Waals surface area contributed by atoms with Gasteiger partial charge < -0.3 is 5.32 Å². The Bertz CT molecular complexity index is 218. The van der Waals surface area contributed by atoms with E-state index in [1.165, 1.54) is 4.88 Å². The molecular formula is C9H14BrNS. The fraction of sp³-hybridized carbons (Fsp3) is 0.556. The van der Waals surface area contributed by atoms with E-state index in [1.54, 1.807) is 0 Å². The van der Waals surface area contributed by atoms with Crippen molar-refractivity contribution in [3.8, 4) is 0 Å². The summed E-state index contributed by atoms with van der Waals surface area (Å²) in [5.41, 5.74) is 1.11. The normalized spacial score (nSPS) is 11.9. The van der Waals surface area contributed by atoms with Crippen LogP contribution < -0.4 is 5.32 Å². The summed E-state index contributed by atoms with van der Waals surface area (Å²) in [6, 6.07) is 4.30. The van der Waals surface area contributed by atoms with Gasteiger partial charge in [-0.15, -0.1) is 11.3 Å². The van der Waals surface area contributed by atoms with Crippen LogP contribution in [0.25, 0.3) is 0 Å². The van der Waals surface area contributed by atoms with Crippen molar-refractivity contribution in [3.63, 3.8) is 0 Å². The van der Waals surface area contributed by atoms with Crippen LogP contribution in [0.2, 0.25) is 0 Å². The molecule has 1 aromatic heterocycles. The minimum absolute atomic E-state index is 0.252. The van der Waals surface area contributed by atoms with Crippen LogP contribution >= 0.6 is 27.3 Å². The molecule has 1 nitrogen and oxygen atoms in total. The zero-order valence-electron chi connectivity index (χ0n) is 7.43. The third kappa shape index (κ3) is 2.57. The second-order valence-corrected chi connectivity index (χ2v) is 4.93. The lowest BCUT2D eigenvalue weighted by molar-refractivity contribution is 0.500.